The van der Waals surface area contributed by atoms with Crippen molar-refractivity contribution in [2.75, 3.05) is 13.1 Å². The average molecular weight is 315 g/mol. The molecule has 0 saturated carbocycles. The van der Waals surface area contributed by atoms with Gasteiger partial charge in [0, 0.05) is 13.1 Å². The lowest BCUT2D eigenvalue weighted by molar-refractivity contribution is -0.147. The SMILES string of the molecule is O=C([C@H]1CC[C@@H](c2ccccc2)O1)N1CC(c2noc(=O)[nH]2)C1. The quantitative estimate of drug-likeness (QED) is 0.919. The minimum atomic E-state index is -0.561. The van der Waals surface area contributed by atoms with Crippen molar-refractivity contribution >= 4 is 5.91 Å². The van der Waals surface area contributed by atoms with E-state index in [1.807, 2.05) is 30.3 Å². The first-order chi connectivity index (χ1) is 11.2. The van der Waals surface area contributed by atoms with E-state index in [0.29, 0.717) is 18.9 Å². The van der Waals surface area contributed by atoms with E-state index in [2.05, 4.69) is 14.7 Å². The third kappa shape index (κ3) is 2.68. The Morgan fingerprint density at radius 1 is 1.22 bits per heavy atom. The highest BCUT2D eigenvalue weighted by Crippen LogP contribution is 2.35. The van der Waals surface area contributed by atoms with E-state index < -0.39 is 5.76 Å². The molecule has 2 aliphatic heterocycles. The molecule has 2 aromatic rings. The number of ether oxygens (including phenoxy) is 1. The maximum atomic E-state index is 12.5. The van der Waals surface area contributed by atoms with E-state index in [-0.39, 0.29) is 24.0 Å². The molecule has 23 heavy (non-hydrogen) atoms. The van der Waals surface area contributed by atoms with Crippen LogP contribution in [0.25, 0.3) is 0 Å². The van der Waals surface area contributed by atoms with Crippen LogP contribution >= 0.6 is 0 Å². The van der Waals surface area contributed by atoms with Crippen LogP contribution < -0.4 is 5.76 Å². The molecule has 7 heteroatoms. The second-order valence-electron chi connectivity index (χ2n) is 6.02. The van der Waals surface area contributed by atoms with E-state index in [4.69, 9.17) is 4.74 Å². The summed E-state index contributed by atoms with van der Waals surface area (Å²) in [6.45, 7) is 1.08. The second-order valence-corrected chi connectivity index (χ2v) is 6.02. The van der Waals surface area contributed by atoms with Gasteiger partial charge in [-0.2, -0.15) is 0 Å². The molecule has 0 unspecified atom stereocenters. The third-order valence-corrected chi connectivity index (χ3v) is 4.50. The summed E-state index contributed by atoms with van der Waals surface area (Å²) in [4.78, 5) is 27.7. The summed E-state index contributed by atoms with van der Waals surface area (Å²) >= 11 is 0. The van der Waals surface area contributed by atoms with Crippen molar-refractivity contribution in [3.05, 3.63) is 52.3 Å². The summed E-state index contributed by atoms with van der Waals surface area (Å²) in [5.41, 5.74) is 1.12. The molecule has 2 atom stereocenters. The zero-order valence-electron chi connectivity index (χ0n) is 12.5. The van der Waals surface area contributed by atoms with Crippen LogP contribution in [-0.2, 0) is 9.53 Å². The van der Waals surface area contributed by atoms with Gasteiger partial charge in [-0.15, -0.1) is 0 Å². The standard InChI is InChI=1S/C16H17N3O4/c20-15(19-8-11(9-19)14-17-16(21)23-18-14)13-7-6-12(22-13)10-4-2-1-3-5-10/h1-5,11-13H,6-9H2,(H,17,18,21)/t12-,13+/m0/s1. The Morgan fingerprint density at radius 2 is 2.00 bits per heavy atom. The molecule has 3 heterocycles. The van der Waals surface area contributed by atoms with Gasteiger partial charge in [0.1, 0.15) is 6.10 Å². The molecular formula is C16H17N3O4. The number of carbonyl (C=O) groups excluding carboxylic acids is 1. The summed E-state index contributed by atoms with van der Waals surface area (Å²) in [7, 11) is 0. The third-order valence-electron chi connectivity index (χ3n) is 4.50. The Morgan fingerprint density at radius 3 is 2.70 bits per heavy atom. The molecule has 1 N–H and O–H groups in total. The lowest BCUT2D eigenvalue weighted by atomic mass is 9.98. The van der Waals surface area contributed by atoms with Crippen molar-refractivity contribution in [1.29, 1.82) is 0 Å². The molecule has 1 amide bonds. The molecule has 7 nitrogen and oxygen atoms in total. The van der Waals surface area contributed by atoms with E-state index in [0.717, 1.165) is 18.4 Å². The summed E-state index contributed by atoms with van der Waals surface area (Å²) in [5, 5.41) is 3.67. The molecule has 2 saturated heterocycles. The first-order valence-electron chi connectivity index (χ1n) is 7.76. The van der Waals surface area contributed by atoms with Gasteiger partial charge in [-0.3, -0.25) is 14.3 Å². The number of H-pyrrole nitrogens is 1. The minimum Gasteiger partial charge on any atom is -0.360 e. The van der Waals surface area contributed by atoms with Gasteiger partial charge in [-0.05, 0) is 18.4 Å². The number of nitrogens with one attached hydrogen (secondary N) is 1. The number of aromatic amines is 1. The maximum Gasteiger partial charge on any atom is 0.438 e. The molecule has 0 spiro atoms. The van der Waals surface area contributed by atoms with E-state index >= 15 is 0 Å². The fourth-order valence-corrected chi connectivity index (χ4v) is 3.18. The van der Waals surface area contributed by atoms with Crippen molar-refractivity contribution in [2.45, 2.75) is 31.0 Å². The zero-order chi connectivity index (χ0) is 15.8. The Labute approximate surface area is 132 Å². The lowest BCUT2D eigenvalue weighted by Crippen LogP contribution is -2.52. The van der Waals surface area contributed by atoms with Crippen molar-refractivity contribution in [1.82, 2.24) is 15.0 Å². The smallest absolute Gasteiger partial charge is 0.360 e. The van der Waals surface area contributed by atoms with Gasteiger partial charge in [0.05, 0.1) is 12.0 Å². The van der Waals surface area contributed by atoms with Gasteiger partial charge in [0.15, 0.2) is 5.82 Å². The Kier molecular flexibility index (Phi) is 3.49. The van der Waals surface area contributed by atoms with Crippen LogP contribution in [0.2, 0.25) is 0 Å². The molecule has 0 aliphatic carbocycles. The number of amides is 1. The molecule has 2 fully saturated rings. The molecule has 1 aromatic heterocycles. The lowest BCUT2D eigenvalue weighted by Gasteiger charge is -2.38. The number of likely N-dealkylation sites (tertiary alicyclic amines) is 1. The van der Waals surface area contributed by atoms with Gasteiger partial charge in [0.25, 0.3) is 5.91 Å². The number of carbonyl (C=O) groups is 1. The van der Waals surface area contributed by atoms with Crippen molar-refractivity contribution < 1.29 is 14.1 Å². The van der Waals surface area contributed by atoms with Gasteiger partial charge in [0.2, 0.25) is 0 Å². The minimum absolute atomic E-state index is 0.00545. The van der Waals surface area contributed by atoms with Crippen LogP contribution in [0.4, 0.5) is 0 Å². The highest BCUT2D eigenvalue weighted by molar-refractivity contribution is 5.82. The highest BCUT2D eigenvalue weighted by atomic mass is 16.5. The normalized spacial score (nSPS) is 24.6. The zero-order valence-corrected chi connectivity index (χ0v) is 12.5. The van der Waals surface area contributed by atoms with Gasteiger partial charge >= 0.3 is 5.76 Å². The molecular weight excluding hydrogens is 298 g/mol. The second kappa shape index (κ2) is 5.66. The van der Waals surface area contributed by atoms with Crippen LogP contribution in [0.15, 0.2) is 39.6 Å². The predicted molar refractivity (Wildman–Crippen MR) is 79.7 cm³/mol. The van der Waals surface area contributed by atoms with E-state index in [1.165, 1.54) is 0 Å². The van der Waals surface area contributed by atoms with Gasteiger partial charge < -0.3 is 9.64 Å². The van der Waals surface area contributed by atoms with Crippen LogP contribution in [0.5, 0.6) is 0 Å². The number of hydrogen-bond acceptors (Lipinski definition) is 5. The topological polar surface area (TPSA) is 88.4 Å². The Hall–Kier alpha value is -2.41. The largest absolute Gasteiger partial charge is 0.438 e. The number of benzene rings is 1. The first-order valence-corrected chi connectivity index (χ1v) is 7.76. The first kappa shape index (κ1) is 14.2. The molecule has 0 bridgehead atoms. The number of nitrogens with zero attached hydrogens (tertiary/aromatic N) is 2. The molecule has 120 valence electrons. The number of hydrogen-bond donors (Lipinski definition) is 1. The fraction of sp³-hybridized carbons (Fsp3) is 0.438. The van der Waals surface area contributed by atoms with E-state index in [1.54, 1.807) is 4.90 Å². The van der Waals surface area contributed by atoms with Crippen LogP contribution in [0, 0.1) is 0 Å². The monoisotopic (exact) mass is 315 g/mol. The van der Waals surface area contributed by atoms with Crippen LogP contribution in [0.1, 0.15) is 36.3 Å². The van der Waals surface area contributed by atoms with Gasteiger partial charge in [-0.25, -0.2) is 4.79 Å². The van der Waals surface area contributed by atoms with Crippen molar-refractivity contribution in [3.8, 4) is 0 Å². The summed E-state index contributed by atoms with van der Waals surface area (Å²) in [6.07, 6.45) is 1.21. The Bertz CT molecular complexity index is 748. The van der Waals surface area contributed by atoms with Crippen LogP contribution in [0.3, 0.4) is 0 Å². The Balaban J connectivity index is 1.34. The summed E-state index contributed by atoms with van der Waals surface area (Å²) in [5.74, 6) is 0.00500. The molecule has 2 aliphatic rings. The van der Waals surface area contributed by atoms with E-state index in [9.17, 15) is 9.59 Å². The molecule has 1 aromatic carbocycles. The summed E-state index contributed by atoms with van der Waals surface area (Å²) < 4.78 is 10.4. The average Bonchev–Trinajstić information content (AvgIpc) is 3.16. The highest BCUT2D eigenvalue weighted by Gasteiger charge is 2.40. The fourth-order valence-electron chi connectivity index (χ4n) is 3.18. The van der Waals surface area contributed by atoms with Gasteiger partial charge in [-0.1, -0.05) is 35.5 Å². The van der Waals surface area contributed by atoms with Crippen LogP contribution in [-0.4, -0.2) is 40.1 Å². The maximum absolute atomic E-state index is 12.5. The van der Waals surface area contributed by atoms with Crippen molar-refractivity contribution in [2.24, 2.45) is 0 Å². The van der Waals surface area contributed by atoms with Crippen molar-refractivity contribution in [3.63, 3.8) is 0 Å². The number of aromatic nitrogens is 2. The molecule has 0 radical (unpaired) electrons. The predicted octanol–water partition coefficient (Wildman–Crippen LogP) is 1.21. The summed E-state index contributed by atoms with van der Waals surface area (Å²) in [6, 6.07) is 9.98. The molecule has 4 rings (SSSR count). The number of rotatable bonds is 3.